The first kappa shape index (κ1) is 13.3. The SMILES string of the molecule is N=IC1CCC(F)(Cc2cnc(Cl)cn2)CC1. The normalized spacial score (nSPS) is 29.2. The maximum absolute atomic E-state index is 14.5. The van der Waals surface area contributed by atoms with E-state index < -0.39 is 26.7 Å². The molecule has 1 heterocycles. The number of rotatable bonds is 3. The van der Waals surface area contributed by atoms with E-state index >= 15 is 0 Å². The van der Waals surface area contributed by atoms with Gasteiger partial charge in [-0.25, -0.2) is 9.37 Å². The predicted octanol–water partition coefficient (Wildman–Crippen LogP) is 4.06. The molecule has 0 amide bonds. The van der Waals surface area contributed by atoms with Crippen molar-refractivity contribution in [2.24, 2.45) is 0 Å². The fourth-order valence-electron chi connectivity index (χ4n) is 2.14. The second-order valence-corrected chi connectivity index (χ2v) is 7.21. The Bertz CT molecular complexity index is 390. The molecule has 1 aliphatic rings. The molecule has 1 saturated carbocycles. The van der Waals surface area contributed by atoms with Crippen molar-refractivity contribution >= 4 is 32.6 Å². The summed E-state index contributed by atoms with van der Waals surface area (Å²) in [4.78, 5) is 8.01. The van der Waals surface area contributed by atoms with Crippen molar-refractivity contribution in [3.8, 4) is 0 Å². The second kappa shape index (κ2) is 5.65. The lowest BCUT2D eigenvalue weighted by Gasteiger charge is -2.31. The summed E-state index contributed by atoms with van der Waals surface area (Å²) >= 11 is 5.16. The lowest BCUT2D eigenvalue weighted by molar-refractivity contribution is 0.110. The molecule has 1 aliphatic carbocycles. The van der Waals surface area contributed by atoms with Crippen LogP contribution in [-0.4, -0.2) is 19.6 Å². The zero-order valence-corrected chi connectivity index (χ0v) is 12.2. The fraction of sp³-hybridized carbons (Fsp3) is 0.636. The van der Waals surface area contributed by atoms with Gasteiger partial charge in [0.1, 0.15) is 10.8 Å². The number of nitrogens with one attached hydrogen (secondary N) is 1. The number of halogens is 3. The van der Waals surface area contributed by atoms with Crippen molar-refractivity contribution in [2.45, 2.75) is 41.7 Å². The molecule has 0 atom stereocenters. The molecule has 2 rings (SSSR count). The van der Waals surface area contributed by atoms with E-state index in [-0.39, 0.29) is 0 Å². The zero-order chi connectivity index (χ0) is 12.3. The summed E-state index contributed by atoms with van der Waals surface area (Å²) in [6.07, 6.45) is 6.15. The van der Waals surface area contributed by atoms with Crippen LogP contribution in [0.3, 0.4) is 0 Å². The van der Waals surface area contributed by atoms with Crippen molar-refractivity contribution < 1.29 is 4.39 Å². The Morgan fingerprint density at radius 2 is 2.12 bits per heavy atom. The number of aromatic nitrogens is 2. The van der Waals surface area contributed by atoms with Gasteiger partial charge in [0, 0.05) is 10.3 Å². The summed E-state index contributed by atoms with van der Waals surface area (Å²) in [6, 6.07) is 0. The van der Waals surface area contributed by atoms with Gasteiger partial charge in [-0.15, -0.1) is 0 Å². The quantitative estimate of drug-likeness (QED) is 0.645. The highest BCUT2D eigenvalue weighted by Crippen LogP contribution is 2.38. The van der Waals surface area contributed by atoms with Crippen LogP contribution in [0.1, 0.15) is 31.4 Å². The zero-order valence-electron chi connectivity index (χ0n) is 9.30. The van der Waals surface area contributed by atoms with E-state index in [1.165, 1.54) is 6.20 Å². The third kappa shape index (κ3) is 3.64. The van der Waals surface area contributed by atoms with Crippen LogP contribution in [0.4, 0.5) is 4.39 Å². The molecule has 0 aromatic carbocycles. The Morgan fingerprint density at radius 1 is 1.41 bits per heavy atom. The van der Waals surface area contributed by atoms with Crippen LogP contribution in [0, 0.1) is 3.56 Å². The Balaban J connectivity index is 1.98. The summed E-state index contributed by atoms with van der Waals surface area (Å²) in [5.41, 5.74) is -0.492. The van der Waals surface area contributed by atoms with E-state index in [2.05, 4.69) is 9.97 Å². The molecule has 1 aromatic heterocycles. The smallest absolute Gasteiger partial charge is 0.147 e. The number of nitrogens with zero attached hydrogens (tertiary/aromatic N) is 2. The minimum atomic E-state index is -1.15. The van der Waals surface area contributed by atoms with Crippen LogP contribution in [0.2, 0.25) is 5.15 Å². The minimum absolute atomic E-state index is 0.320. The molecule has 0 unspecified atom stereocenters. The standard InChI is InChI=1S/C11H14ClFIN3/c12-10-7-16-9(6-17-10)5-11(13)3-1-8(14-15)2-4-11/h6-8,15H,1-5H2. The molecule has 1 fully saturated rings. The molecule has 6 heteroatoms. The summed E-state index contributed by atoms with van der Waals surface area (Å²) < 4.78 is 22.4. The van der Waals surface area contributed by atoms with Crippen molar-refractivity contribution in [3.05, 3.63) is 23.2 Å². The van der Waals surface area contributed by atoms with Crippen LogP contribution < -0.4 is 0 Å². The molecule has 0 radical (unpaired) electrons. The van der Waals surface area contributed by atoms with Gasteiger partial charge >= 0.3 is 0 Å². The van der Waals surface area contributed by atoms with Crippen molar-refractivity contribution in [1.82, 2.24) is 9.97 Å². The van der Waals surface area contributed by atoms with E-state index in [9.17, 15) is 4.39 Å². The Hall–Kier alpha value is -0.170. The highest BCUT2D eigenvalue weighted by Gasteiger charge is 2.35. The summed E-state index contributed by atoms with van der Waals surface area (Å²) in [7, 11) is 0. The van der Waals surface area contributed by atoms with Gasteiger partial charge in [-0.3, -0.25) is 8.55 Å². The van der Waals surface area contributed by atoms with Crippen LogP contribution in [0.5, 0.6) is 0 Å². The van der Waals surface area contributed by atoms with Gasteiger partial charge in [-0.05, 0) is 46.7 Å². The van der Waals surface area contributed by atoms with E-state index in [1.807, 2.05) is 0 Å². The molecular weight excluding hydrogens is 355 g/mol. The van der Waals surface area contributed by atoms with Gasteiger partial charge < -0.3 is 0 Å². The third-order valence-electron chi connectivity index (χ3n) is 3.14. The summed E-state index contributed by atoms with van der Waals surface area (Å²) in [5, 5.41) is 0.337. The lowest BCUT2D eigenvalue weighted by atomic mass is 9.83. The second-order valence-electron chi connectivity index (χ2n) is 4.44. The molecule has 0 saturated heterocycles. The monoisotopic (exact) mass is 369 g/mol. The van der Waals surface area contributed by atoms with Gasteiger partial charge in [-0.2, -0.15) is 0 Å². The minimum Gasteiger partial charge on any atom is -0.278 e. The molecule has 1 N–H and O–H groups in total. The highest BCUT2D eigenvalue weighted by atomic mass is 127. The van der Waals surface area contributed by atoms with E-state index in [1.54, 1.807) is 6.20 Å². The van der Waals surface area contributed by atoms with Gasteiger partial charge in [0.05, 0.1) is 18.1 Å². The highest BCUT2D eigenvalue weighted by molar-refractivity contribution is 14.1. The molecule has 17 heavy (non-hydrogen) atoms. The van der Waals surface area contributed by atoms with Crippen molar-refractivity contribution in [1.29, 1.82) is 3.56 Å². The Kier molecular flexibility index (Phi) is 4.41. The predicted molar refractivity (Wildman–Crippen MR) is 73.6 cm³/mol. The van der Waals surface area contributed by atoms with Gasteiger partial charge in [-0.1, -0.05) is 11.6 Å². The Morgan fingerprint density at radius 3 is 2.65 bits per heavy atom. The molecule has 0 aliphatic heterocycles. The number of hydrogen-bond acceptors (Lipinski definition) is 3. The summed E-state index contributed by atoms with van der Waals surface area (Å²) in [6.45, 7) is 0. The molecule has 3 nitrogen and oxygen atoms in total. The van der Waals surface area contributed by atoms with Crippen LogP contribution in [-0.2, 0) is 6.42 Å². The van der Waals surface area contributed by atoms with Gasteiger partial charge in [0.15, 0.2) is 0 Å². The maximum atomic E-state index is 14.5. The number of alkyl halides is 2. The first-order valence-corrected chi connectivity index (χ1v) is 8.26. The fourth-order valence-corrected chi connectivity index (χ4v) is 3.48. The topological polar surface area (TPSA) is 49.6 Å². The largest absolute Gasteiger partial charge is 0.278 e. The molecular formula is C11H14ClFIN3. The molecule has 0 spiro atoms. The summed E-state index contributed by atoms with van der Waals surface area (Å²) in [5.74, 6) is 0. The first-order chi connectivity index (χ1) is 8.11. The third-order valence-corrected chi connectivity index (χ3v) is 5.46. The lowest BCUT2D eigenvalue weighted by Crippen LogP contribution is -2.32. The average molecular weight is 370 g/mol. The molecule has 1 aromatic rings. The van der Waals surface area contributed by atoms with Crippen molar-refractivity contribution in [3.63, 3.8) is 0 Å². The average Bonchev–Trinajstić information content (AvgIpc) is 2.33. The molecule has 94 valence electrons. The van der Waals surface area contributed by atoms with Crippen LogP contribution >= 0.6 is 32.6 Å². The van der Waals surface area contributed by atoms with Crippen LogP contribution in [0.25, 0.3) is 0 Å². The number of hydrogen-bond donors (Lipinski definition) is 1. The van der Waals surface area contributed by atoms with E-state index in [0.717, 1.165) is 12.8 Å². The van der Waals surface area contributed by atoms with Gasteiger partial charge in [0.2, 0.25) is 0 Å². The Labute approximate surface area is 115 Å². The molecule has 0 bridgehead atoms. The maximum Gasteiger partial charge on any atom is 0.147 e. The van der Waals surface area contributed by atoms with E-state index in [0.29, 0.717) is 34.0 Å². The first-order valence-electron chi connectivity index (χ1n) is 5.56. The van der Waals surface area contributed by atoms with E-state index in [4.69, 9.17) is 15.2 Å². The van der Waals surface area contributed by atoms with Crippen molar-refractivity contribution in [2.75, 3.05) is 0 Å². The van der Waals surface area contributed by atoms with Gasteiger partial charge in [0.25, 0.3) is 0 Å². The van der Waals surface area contributed by atoms with Crippen LogP contribution in [0.15, 0.2) is 12.4 Å².